The second kappa shape index (κ2) is 7.02. The van der Waals surface area contributed by atoms with Crippen molar-refractivity contribution in [3.63, 3.8) is 0 Å². The summed E-state index contributed by atoms with van der Waals surface area (Å²) in [4.78, 5) is 12.1. The predicted octanol–water partition coefficient (Wildman–Crippen LogP) is 2.83. The Morgan fingerprint density at radius 2 is 2.00 bits per heavy atom. The van der Waals surface area contributed by atoms with E-state index in [1.54, 1.807) is 25.3 Å². The fourth-order valence-electron chi connectivity index (χ4n) is 1.82. The lowest BCUT2D eigenvalue weighted by atomic mass is 10.0. The van der Waals surface area contributed by atoms with E-state index in [4.69, 9.17) is 10.5 Å². The topological polar surface area (TPSA) is 64.3 Å². The van der Waals surface area contributed by atoms with Crippen molar-refractivity contribution in [1.29, 1.82) is 0 Å². The number of methoxy groups -OCH3 is 1. The van der Waals surface area contributed by atoms with Crippen molar-refractivity contribution in [3.8, 4) is 5.75 Å². The summed E-state index contributed by atoms with van der Waals surface area (Å²) in [5.41, 5.74) is 6.83. The monoisotopic (exact) mass is 264 g/mol. The Hall–Kier alpha value is -1.71. The second-order valence-electron chi connectivity index (χ2n) is 5.30. The van der Waals surface area contributed by atoms with Crippen molar-refractivity contribution in [2.45, 2.75) is 39.7 Å². The molecule has 19 heavy (non-hydrogen) atoms. The molecular formula is C15H24N2O2. The largest absolute Gasteiger partial charge is 0.495 e. The van der Waals surface area contributed by atoms with Crippen LogP contribution in [-0.4, -0.2) is 19.1 Å². The van der Waals surface area contributed by atoms with Crippen LogP contribution in [0.3, 0.4) is 0 Å². The summed E-state index contributed by atoms with van der Waals surface area (Å²) in [6.45, 7) is 6.38. The van der Waals surface area contributed by atoms with Crippen LogP contribution in [0.5, 0.6) is 5.75 Å². The number of ether oxygens (including phenoxy) is 1. The number of nitrogens with one attached hydrogen (secondary N) is 1. The van der Waals surface area contributed by atoms with Crippen molar-refractivity contribution < 1.29 is 9.53 Å². The highest BCUT2D eigenvalue weighted by atomic mass is 16.5. The Morgan fingerprint density at radius 1 is 1.32 bits per heavy atom. The molecule has 106 valence electrons. The number of anilines is 1. The summed E-state index contributed by atoms with van der Waals surface area (Å²) in [5.74, 6) is 1.09. The maximum absolute atomic E-state index is 12.1. The molecule has 0 aliphatic carbocycles. The van der Waals surface area contributed by atoms with Crippen LogP contribution in [0.1, 0.15) is 44.0 Å². The fraction of sp³-hybridized carbons (Fsp3) is 0.533. The lowest BCUT2D eigenvalue weighted by Crippen LogP contribution is -2.32. The molecule has 1 aromatic rings. The zero-order valence-corrected chi connectivity index (χ0v) is 12.2. The molecular weight excluding hydrogens is 240 g/mol. The third-order valence-corrected chi connectivity index (χ3v) is 3.05. The highest BCUT2D eigenvalue weighted by Gasteiger charge is 2.12. The van der Waals surface area contributed by atoms with Gasteiger partial charge in [-0.2, -0.15) is 0 Å². The molecule has 0 spiro atoms. The standard InChI is InChI=1S/C15H24N2O2/c1-10(2)5-6-11(3)17-15(18)12-7-8-13(16)14(9-12)19-4/h7-11H,5-6,16H2,1-4H3,(H,17,18). The van der Waals surface area contributed by atoms with Gasteiger partial charge in [0.05, 0.1) is 12.8 Å². The first kappa shape index (κ1) is 15.3. The summed E-state index contributed by atoms with van der Waals surface area (Å²) in [6.07, 6.45) is 2.09. The maximum atomic E-state index is 12.1. The summed E-state index contributed by atoms with van der Waals surface area (Å²) in [7, 11) is 1.54. The van der Waals surface area contributed by atoms with Crippen molar-refractivity contribution in [3.05, 3.63) is 23.8 Å². The van der Waals surface area contributed by atoms with E-state index in [0.717, 1.165) is 12.8 Å². The molecule has 1 unspecified atom stereocenters. The average molecular weight is 264 g/mol. The predicted molar refractivity (Wildman–Crippen MR) is 78.4 cm³/mol. The molecule has 3 N–H and O–H groups in total. The van der Waals surface area contributed by atoms with Gasteiger partial charge in [0.15, 0.2) is 0 Å². The Bertz CT molecular complexity index is 430. The van der Waals surface area contributed by atoms with Crippen LogP contribution in [0.15, 0.2) is 18.2 Å². The molecule has 1 amide bonds. The number of carbonyl (C=O) groups is 1. The summed E-state index contributed by atoms with van der Waals surface area (Å²) >= 11 is 0. The van der Waals surface area contributed by atoms with Crippen LogP contribution < -0.4 is 15.8 Å². The van der Waals surface area contributed by atoms with Crippen LogP contribution in [0.4, 0.5) is 5.69 Å². The van der Waals surface area contributed by atoms with Crippen LogP contribution in [0.25, 0.3) is 0 Å². The van der Waals surface area contributed by atoms with Gasteiger partial charge < -0.3 is 15.8 Å². The normalized spacial score (nSPS) is 12.3. The summed E-state index contributed by atoms with van der Waals surface area (Å²) in [5, 5.41) is 2.99. The molecule has 0 aromatic heterocycles. The first-order valence-corrected chi connectivity index (χ1v) is 6.68. The maximum Gasteiger partial charge on any atom is 0.251 e. The number of benzene rings is 1. The minimum absolute atomic E-state index is 0.0884. The number of hydrogen-bond acceptors (Lipinski definition) is 3. The first-order valence-electron chi connectivity index (χ1n) is 6.68. The Labute approximate surface area is 115 Å². The Kier molecular flexibility index (Phi) is 5.67. The fourth-order valence-corrected chi connectivity index (χ4v) is 1.82. The van der Waals surface area contributed by atoms with Crippen LogP contribution >= 0.6 is 0 Å². The van der Waals surface area contributed by atoms with Crippen molar-refractivity contribution in [2.75, 3.05) is 12.8 Å². The molecule has 1 rings (SSSR count). The number of nitrogens with two attached hydrogens (primary N) is 1. The summed E-state index contributed by atoms with van der Waals surface area (Å²) < 4.78 is 5.11. The number of nitrogen functional groups attached to an aromatic ring is 1. The zero-order chi connectivity index (χ0) is 14.4. The third kappa shape index (κ3) is 4.81. The molecule has 0 saturated carbocycles. The van der Waals surface area contributed by atoms with E-state index in [2.05, 4.69) is 19.2 Å². The van der Waals surface area contributed by atoms with E-state index >= 15 is 0 Å². The van der Waals surface area contributed by atoms with Crippen molar-refractivity contribution >= 4 is 11.6 Å². The minimum atomic E-state index is -0.0884. The molecule has 4 nitrogen and oxygen atoms in total. The SMILES string of the molecule is COc1cc(C(=O)NC(C)CCC(C)C)ccc1N. The highest BCUT2D eigenvalue weighted by Crippen LogP contribution is 2.22. The Morgan fingerprint density at radius 3 is 2.58 bits per heavy atom. The van der Waals surface area contributed by atoms with Gasteiger partial charge in [0.1, 0.15) is 5.75 Å². The first-order chi connectivity index (χ1) is 8.93. The average Bonchev–Trinajstić information content (AvgIpc) is 2.36. The zero-order valence-electron chi connectivity index (χ0n) is 12.2. The van der Waals surface area contributed by atoms with Gasteiger partial charge in [-0.05, 0) is 43.9 Å². The van der Waals surface area contributed by atoms with E-state index in [-0.39, 0.29) is 11.9 Å². The number of hydrogen-bond donors (Lipinski definition) is 2. The molecule has 1 aromatic carbocycles. The molecule has 0 radical (unpaired) electrons. The van der Waals surface area contributed by atoms with Gasteiger partial charge in [-0.1, -0.05) is 13.8 Å². The van der Waals surface area contributed by atoms with Gasteiger partial charge in [0, 0.05) is 11.6 Å². The van der Waals surface area contributed by atoms with Crippen LogP contribution in [-0.2, 0) is 0 Å². The molecule has 0 saturated heterocycles. The Balaban J connectivity index is 2.62. The van der Waals surface area contributed by atoms with Gasteiger partial charge >= 0.3 is 0 Å². The quantitative estimate of drug-likeness (QED) is 0.776. The van der Waals surface area contributed by atoms with Gasteiger partial charge in [0.25, 0.3) is 5.91 Å². The molecule has 0 aliphatic rings. The van der Waals surface area contributed by atoms with Gasteiger partial charge in [-0.3, -0.25) is 4.79 Å². The lowest BCUT2D eigenvalue weighted by molar-refractivity contribution is 0.0937. The van der Waals surface area contributed by atoms with E-state index in [1.165, 1.54) is 0 Å². The second-order valence-corrected chi connectivity index (χ2v) is 5.30. The highest BCUT2D eigenvalue weighted by molar-refractivity contribution is 5.95. The van der Waals surface area contributed by atoms with E-state index < -0.39 is 0 Å². The van der Waals surface area contributed by atoms with E-state index in [0.29, 0.717) is 22.9 Å². The number of carbonyl (C=O) groups excluding carboxylic acids is 1. The molecule has 0 fully saturated rings. The smallest absolute Gasteiger partial charge is 0.251 e. The molecule has 0 heterocycles. The molecule has 1 atom stereocenters. The van der Waals surface area contributed by atoms with Crippen molar-refractivity contribution in [1.82, 2.24) is 5.32 Å². The molecule has 0 bridgehead atoms. The van der Waals surface area contributed by atoms with Crippen LogP contribution in [0, 0.1) is 5.92 Å². The third-order valence-electron chi connectivity index (χ3n) is 3.05. The van der Waals surface area contributed by atoms with Crippen molar-refractivity contribution in [2.24, 2.45) is 5.92 Å². The van der Waals surface area contributed by atoms with Gasteiger partial charge in [0.2, 0.25) is 0 Å². The van der Waals surface area contributed by atoms with E-state index in [9.17, 15) is 4.79 Å². The number of amides is 1. The van der Waals surface area contributed by atoms with Gasteiger partial charge in [-0.25, -0.2) is 0 Å². The molecule has 0 aliphatic heterocycles. The van der Waals surface area contributed by atoms with E-state index in [1.807, 2.05) is 6.92 Å². The van der Waals surface area contributed by atoms with Gasteiger partial charge in [-0.15, -0.1) is 0 Å². The minimum Gasteiger partial charge on any atom is -0.495 e. The number of rotatable bonds is 6. The van der Waals surface area contributed by atoms with Crippen LogP contribution in [0.2, 0.25) is 0 Å². The lowest BCUT2D eigenvalue weighted by Gasteiger charge is -2.15. The molecule has 4 heteroatoms. The summed E-state index contributed by atoms with van der Waals surface area (Å²) in [6, 6.07) is 5.23.